The van der Waals surface area contributed by atoms with Crippen LogP contribution in [0.1, 0.15) is 43.4 Å². The molecule has 1 fully saturated rings. The Morgan fingerprint density at radius 2 is 1.68 bits per heavy atom. The molecule has 1 unspecified atom stereocenters. The largest absolute Gasteiger partial charge is 0.313 e. The first-order chi connectivity index (χ1) is 12.2. The maximum atomic E-state index is 3.65. The highest BCUT2D eigenvalue weighted by Crippen LogP contribution is 2.16. The Labute approximate surface area is 153 Å². The monoisotopic (exact) mass is 336 g/mol. The van der Waals surface area contributed by atoms with Crippen molar-refractivity contribution in [3.8, 4) is 0 Å². The van der Waals surface area contributed by atoms with Crippen LogP contribution < -0.4 is 5.32 Å². The van der Waals surface area contributed by atoms with Gasteiger partial charge in [-0.3, -0.25) is 4.90 Å². The van der Waals surface area contributed by atoms with E-state index in [2.05, 4.69) is 78.7 Å². The summed E-state index contributed by atoms with van der Waals surface area (Å²) >= 11 is 0. The molecule has 25 heavy (non-hydrogen) atoms. The normalized spacial score (nSPS) is 17.5. The maximum Gasteiger partial charge on any atom is 0.0238 e. The first-order valence-corrected chi connectivity index (χ1v) is 9.76. The molecule has 0 aromatic heterocycles. The lowest BCUT2D eigenvalue weighted by molar-refractivity contribution is 0.233. The van der Waals surface area contributed by atoms with Crippen molar-refractivity contribution >= 4 is 0 Å². The molecule has 1 saturated heterocycles. The van der Waals surface area contributed by atoms with Crippen molar-refractivity contribution in [3.63, 3.8) is 0 Å². The second-order valence-electron chi connectivity index (χ2n) is 7.87. The van der Waals surface area contributed by atoms with Crippen molar-refractivity contribution in [2.45, 2.75) is 52.2 Å². The van der Waals surface area contributed by atoms with E-state index in [0.717, 1.165) is 26.1 Å². The van der Waals surface area contributed by atoms with Gasteiger partial charge in [-0.25, -0.2) is 0 Å². The fourth-order valence-corrected chi connectivity index (χ4v) is 3.84. The van der Waals surface area contributed by atoms with Crippen LogP contribution in [0.2, 0.25) is 0 Å². The van der Waals surface area contributed by atoms with Crippen LogP contribution in [0.5, 0.6) is 0 Å². The van der Waals surface area contributed by atoms with E-state index < -0.39 is 0 Å². The van der Waals surface area contributed by atoms with E-state index in [1.807, 2.05) is 0 Å². The summed E-state index contributed by atoms with van der Waals surface area (Å²) in [7, 11) is 0. The van der Waals surface area contributed by atoms with E-state index in [1.165, 1.54) is 36.1 Å². The van der Waals surface area contributed by atoms with Gasteiger partial charge in [-0.2, -0.15) is 0 Å². The van der Waals surface area contributed by atoms with Gasteiger partial charge in [0.05, 0.1) is 0 Å². The van der Waals surface area contributed by atoms with Crippen LogP contribution in [0.4, 0.5) is 0 Å². The molecule has 1 heterocycles. The van der Waals surface area contributed by atoms with Gasteiger partial charge in [0.15, 0.2) is 0 Å². The molecule has 3 rings (SSSR count). The van der Waals surface area contributed by atoms with E-state index in [4.69, 9.17) is 0 Å². The minimum atomic E-state index is 0.641. The Morgan fingerprint density at radius 3 is 2.40 bits per heavy atom. The molecule has 2 heteroatoms. The highest BCUT2D eigenvalue weighted by molar-refractivity contribution is 5.24. The summed E-state index contributed by atoms with van der Waals surface area (Å²) < 4.78 is 0. The first kappa shape index (κ1) is 18.2. The Hall–Kier alpha value is -1.64. The van der Waals surface area contributed by atoms with Gasteiger partial charge in [-0.15, -0.1) is 0 Å². The van der Waals surface area contributed by atoms with Crippen LogP contribution >= 0.6 is 0 Å². The summed E-state index contributed by atoms with van der Waals surface area (Å²) in [6, 6.07) is 20.7. The molecule has 0 bridgehead atoms. The van der Waals surface area contributed by atoms with Crippen molar-refractivity contribution < 1.29 is 0 Å². The molecule has 1 aliphatic heterocycles. The lowest BCUT2D eigenvalue weighted by Crippen LogP contribution is -2.36. The number of rotatable bonds is 8. The highest BCUT2D eigenvalue weighted by Gasteiger charge is 2.18. The van der Waals surface area contributed by atoms with Crippen molar-refractivity contribution in [3.05, 3.63) is 71.3 Å². The zero-order chi connectivity index (χ0) is 17.5. The highest BCUT2D eigenvalue weighted by atomic mass is 15.2. The Balaban J connectivity index is 1.69. The predicted octanol–water partition coefficient (Wildman–Crippen LogP) is 4.64. The molecule has 0 saturated carbocycles. The molecule has 1 N–H and O–H groups in total. The summed E-state index contributed by atoms with van der Waals surface area (Å²) in [5.41, 5.74) is 4.30. The third-order valence-corrected chi connectivity index (χ3v) is 4.93. The minimum absolute atomic E-state index is 0.641. The summed E-state index contributed by atoms with van der Waals surface area (Å²) in [5.74, 6) is 0.707. The van der Waals surface area contributed by atoms with E-state index >= 15 is 0 Å². The number of nitrogens with one attached hydrogen (secondary N) is 1. The SMILES string of the molecule is CC(C)Cc1cccc(CN(Cc2ccccc2)CC2CCCN2)c1. The summed E-state index contributed by atoms with van der Waals surface area (Å²) in [6.07, 6.45) is 3.78. The predicted molar refractivity (Wildman–Crippen MR) is 107 cm³/mol. The van der Waals surface area contributed by atoms with E-state index in [1.54, 1.807) is 0 Å². The lowest BCUT2D eigenvalue weighted by atomic mass is 10.0. The van der Waals surface area contributed by atoms with Gasteiger partial charge in [0.2, 0.25) is 0 Å². The number of benzene rings is 2. The van der Waals surface area contributed by atoms with Gasteiger partial charge in [-0.1, -0.05) is 68.4 Å². The quantitative estimate of drug-likeness (QED) is 0.755. The number of hydrogen-bond donors (Lipinski definition) is 1. The molecule has 1 atom stereocenters. The first-order valence-electron chi connectivity index (χ1n) is 9.76. The van der Waals surface area contributed by atoms with Gasteiger partial charge >= 0.3 is 0 Å². The number of nitrogens with zero attached hydrogens (tertiary/aromatic N) is 1. The Bertz CT molecular complexity index is 630. The Kier molecular flexibility index (Phi) is 6.66. The van der Waals surface area contributed by atoms with Gasteiger partial charge in [-0.05, 0) is 48.4 Å². The van der Waals surface area contributed by atoms with E-state index in [0.29, 0.717) is 12.0 Å². The number of hydrogen-bond acceptors (Lipinski definition) is 2. The summed E-state index contributed by atoms with van der Waals surface area (Å²) in [4.78, 5) is 2.60. The van der Waals surface area contributed by atoms with Crippen LogP contribution in [0.25, 0.3) is 0 Å². The van der Waals surface area contributed by atoms with Gasteiger partial charge in [0, 0.05) is 25.7 Å². The van der Waals surface area contributed by atoms with Crippen molar-refractivity contribution in [2.75, 3.05) is 13.1 Å². The fourth-order valence-electron chi connectivity index (χ4n) is 3.84. The van der Waals surface area contributed by atoms with Crippen molar-refractivity contribution in [1.82, 2.24) is 10.2 Å². The van der Waals surface area contributed by atoms with Crippen LogP contribution in [-0.2, 0) is 19.5 Å². The molecule has 0 radical (unpaired) electrons. The molecule has 0 spiro atoms. The third kappa shape index (κ3) is 5.98. The molecule has 2 nitrogen and oxygen atoms in total. The molecule has 2 aromatic rings. The molecular weight excluding hydrogens is 304 g/mol. The van der Waals surface area contributed by atoms with E-state index in [9.17, 15) is 0 Å². The zero-order valence-corrected chi connectivity index (χ0v) is 15.7. The van der Waals surface area contributed by atoms with Crippen molar-refractivity contribution in [1.29, 1.82) is 0 Å². The molecule has 2 aromatic carbocycles. The molecule has 0 amide bonds. The van der Waals surface area contributed by atoms with Gasteiger partial charge in [0.25, 0.3) is 0 Å². The van der Waals surface area contributed by atoms with Crippen LogP contribution in [0.3, 0.4) is 0 Å². The minimum Gasteiger partial charge on any atom is -0.313 e. The lowest BCUT2D eigenvalue weighted by Gasteiger charge is -2.26. The average molecular weight is 337 g/mol. The third-order valence-electron chi connectivity index (χ3n) is 4.93. The topological polar surface area (TPSA) is 15.3 Å². The summed E-state index contributed by atoms with van der Waals surface area (Å²) in [5, 5.41) is 3.65. The molecule has 1 aliphatic rings. The van der Waals surface area contributed by atoms with Crippen LogP contribution in [0.15, 0.2) is 54.6 Å². The molecule has 134 valence electrons. The molecule has 0 aliphatic carbocycles. The smallest absolute Gasteiger partial charge is 0.0238 e. The summed E-state index contributed by atoms with van der Waals surface area (Å²) in [6.45, 7) is 8.93. The molecular formula is C23H32N2. The second kappa shape index (κ2) is 9.17. The van der Waals surface area contributed by atoms with Gasteiger partial charge < -0.3 is 5.32 Å². The fraction of sp³-hybridized carbons (Fsp3) is 0.478. The van der Waals surface area contributed by atoms with Crippen LogP contribution in [-0.4, -0.2) is 24.0 Å². The van der Waals surface area contributed by atoms with Crippen LogP contribution in [0, 0.1) is 5.92 Å². The second-order valence-corrected chi connectivity index (χ2v) is 7.87. The zero-order valence-electron chi connectivity index (χ0n) is 15.7. The Morgan fingerprint density at radius 1 is 0.960 bits per heavy atom. The average Bonchev–Trinajstić information content (AvgIpc) is 3.08. The van der Waals surface area contributed by atoms with Crippen molar-refractivity contribution in [2.24, 2.45) is 5.92 Å². The standard InChI is InChI=1S/C23H32N2/c1-19(2)14-21-10-6-11-22(15-21)17-25(18-23-12-7-13-24-23)16-20-8-4-3-5-9-20/h3-6,8-11,15,19,23-24H,7,12-14,16-18H2,1-2H3. The van der Waals surface area contributed by atoms with Gasteiger partial charge in [0.1, 0.15) is 0 Å². The maximum absolute atomic E-state index is 3.65. The van der Waals surface area contributed by atoms with E-state index in [-0.39, 0.29) is 0 Å².